The van der Waals surface area contributed by atoms with Crippen LogP contribution in [-0.2, 0) is 11.8 Å². The molecule has 0 bridgehead atoms. The zero-order chi connectivity index (χ0) is 19.4. The van der Waals surface area contributed by atoms with Crippen molar-refractivity contribution in [3.05, 3.63) is 42.7 Å². The summed E-state index contributed by atoms with van der Waals surface area (Å²) in [5.41, 5.74) is -0.0853. The molecule has 0 N–H and O–H groups in total. The van der Waals surface area contributed by atoms with Crippen molar-refractivity contribution >= 4 is 5.91 Å². The first-order valence-electron chi connectivity index (χ1n) is 10.1. The smallest absolute Gasteiger partial charge is 0.289 e. The molecule has 2 fully saturated rings. The number of carbonyl (C=O) groups is 1. The van der Waals surface area contributed by atoms with E-state index < -0.39 is 0 Å². The molecule has 0 aromatic carbocycles. The molecule has 0 saturated carbocycles. The number of aryl methyl sites for hydroxylation is 1. The van der Waals surface area contributed by atoms with Crippen LogP contribution in [0.3, 0.4) is 0 Å². The largest absolute Gasteiger partial charge is 0.493 e. The zero-order valence-electron chi connectivity index (χ0n) is 16.4. The molecular weight excluding hydrogens is 356 g/mol. The van der Waals surface area contributed by atoms with Gasteiger partial charge in [0.2, 0.25) is 0 Å². The third kappa shape index (κ3) is 4.19. The van der Waals surface area contributed by atoms with Crippen molar-refractivity contribution in [1.29, 1.82) is 0 Å². The van der Waals surface area contributed by atoms with E-state index >= 15 is 0 Å². The molecule has 2 aromatic heterocycles. The molecule has 1 spiro atoms. The summed E-state index contributed by atoms with van der Waals surface area (Å²) in [7, 11) is 1.86. The first kappa shape index (κ1) is 18.9. The van der Waals surface area contributed by atoms with Crippen LogP contribution in [0.15, 0.2) is 36.9 Å². The average molecular weight is 384 g/mol. The molecule has 2 aromatic rings. The molecule has 4 heterocycles. The lowest BCUT2D eigenvalue weighted by Gasteiger charge is -2.46. The lowest BCUT2D eigenvalue weighted by Crippen LogP contribution is -2.51. The highest BCUT2D eigenvalue weighted by Crippen LogP contribution is 2.39. The Labute approximate surface area is 165 Å². The number of pyridine rings is 1. The summed E-state index contributed by atoms with van der Waals surface area (Å²) in [6.45, 7) is 2.97. The third-order valence-electron chi connectivity index (χ3n) is 6.01. The van der Waals surface area contributed by atoms with Gasteiger partial charge in [0.15, 0.2) is 5.82 Å². The molecule has 7 heteroatoms. The van der Waals surface area contributed by atoms with E-state index in [-0.39, 0.29) is 11.5 Å². The molecule has 1 amide bonds. The van der Waals surface area contributed by atoms with Crippen molar-refractivity contribution in [2.75, 3.05) is 26.3 Å². The summed E-state index contributed by atoms with van der Waals surface area (Å²) in [5, 5.41) is 0. The topological polar surface area (TPSA) is 69.5 Å². The second-order valence-corrected chi connectivity index (χ2v) is 7.86. The number of hydrogen-bond acceptors (Lipinski definition) is 5. The number of carbonyl (C=O) groups excluding carboxylic acids is 1. The van der Waals surface area contributed by atoms with Crippen LogP contribution >= 0.6 is 0 Å². The summed E-state index contributed by atoms with van der Waals surface area (Å²) in [6.07, 6.45) is 11.9. The van der Waals surface area contributed by atoms with Gasteiger partial charge in [0.1, 0.15) is 5.75 Å². The van der Waals surface area contributed by atoms with Gasteiger partial charge in [-0.1, -0.05) is 0 Å². The van der Waals surface area contributed by atoms with Crippen LogP contribution in [0.2, 0.25) is 0 Å². The third-order valence-corrected chi connectivity index (χ3v) is 6.01. The standard InChI is InChI=1S/C21H28N4O3/c1-24-13-10-23-19(24)20(26)25-11-6-21(7-12-25)16-17(5-15-28-21)4-14-27-18-2-8-22-9-3-18/h2-3,8-10,13,17H,4-7,11-12,14-16H2,1H3. The molecule has 2 aliphatic rings. The Morgan fingerprint density at radius 2 is 2.07 bits per heavy atom. The minimum absolute atomic E-state index is 0.0143. The summed E-state index contributed by atoms with van der Waals surface area (Å²) < 4.78 is 13.9. The Balaban J connectivity index is 1.27. The summed E-state index contributed by atoms with van der Waals surface area (Å²) >= 11 is 0. The Hall–Kier alpha value is -2.41. The highest BCUT2D eigenvalue weighted by Gasteiger charge is 2.41. The van der Waals surface area contributed by atoms with E-state index in [1.165, 1.54) is 0 Å². The molecule has 28 heavy (non-hydrogen) atoms. The SMILES string of the molecule is Cn1ccnc1C(=O)N1CCC2(CC1)CC(CCOc1ccncc1)CCO2. The molecule has 2 aliphatic heterocycles. The molecule has 0 aliphatic carbocycles. The minimum atomic E-state index is -0.0853. The highest BCUT2D eigenvalue weighted by atomic mass is 16.5. The van der Waals surface area contributed by atoms with E-state index in [2.05, 4.69) is 9.97 Å². The Morgan fingerprint density at radius 1 is 1.29 bits per heavy atom. The number of imidazole rings is 1. The fourth-order valence-electron chi connectivity index (χ4n) is 4.33. The van der Waals surface area contributed by atoms with Gasteiger partial charge in [-0.3, -0.25) is 9.78 Å². The van der Waals surface area contributed by atoms with Crippen LogP contribution < -0.4 is 4.74 Å². The van der Waals surface area contributed by atoms with E-state index in [0.717, 1.165) is 57.6 Å². The van der Waals surface area contributed by atoms with Gasteiger partial charge in [0, 0.05) is 51.5 Å². The second kappa shape index (κ2) is 8.31. The number of likely N-dealkylation sites (tertiary alicyclic amines) is 1. The van der Waals surface area contributed by atoms with Crippen LogP contribution in [-0.4, -0.2) is 57.2 Å². The van der Waals surface area contributed by atoms with E-state index in [9.17, 15) is 4.79 Å². The van der Waals surface area contributed by atoms with Crippen LogP contribution in [0.4, 0.5) is 0 Å². The van der Waals surface area contributed by atoms with Crippen molar-refractivity contribution in [2.24, 2.45) is 13.0 Å². The number of aromatic nitrogens is 3. The maximum absolute atomic E-state index is 12.7. The fourth-order valence-corrected chi connectivity index (χ4v) is 4.33. The number of ether oxygens (including phenoxy) is 2. The maximum atomic E-state index is 12.7. The van der Waals surface area contributed by atoms with Crippen molar-refractivity contribution in [3.63, 3.8) is 0 Å². The number of amides is 1. The first-order valence-corrected chi connectivity index (χ1v) is 10.1. The minimum Gasteiger partial charge on any atom is -0.493 e. The lowest BCUT2D eigenvalue weighted by atomic mass is 9.78. The quantitative estimate of drug-likeness (QED) is 0.793. The fraction of sp³-hybridized carbons (Fsp3) is 0.571. The molecule has 0 radical (unpaired) electrons. The predicted octanol–water partition coefficient (Wildman–Crippen LogP) is 2.69. The summed E-state index contributed by atoms with van der Waals surface area (Å²) in [4.78, 5) is 22.8. The van der Waals surface area contributed by atoms with E-state index in [0.29, 0.717) is 18.3 Å². The first-order chi connectivity index (χ1) is 13.7. The molecule has 1 unspecified atom stereocenters. The Bertz CT molecular complexity index is 784. The van der Waals surface area contributed by atoms with Gasteiger partial charge in [-0.25, -0.2) is 4.98 Å². The molecular formula is C21H28N4O3. The van der Waals surface area contributed by atoms with Gasteiger partial charge in [-0.05, 0) is 50.2 Å². The van der Waals surface area contributed by atoms with Crippen molar-refractivity contribution in [2.45, 2.75) is 37.7 Å². The van der Waals surface area contributed by atoms with Crippen molar-refractivity contribution in [3.8, 4) is 5.75 Å². The normalized spacial score (nSPS) is 21.6. The van der Waals surface area contributed by atoms with Gasteiger partial charge in [0.05, 0.1) is 12.2 Å². The monoisotopic (exact) mass is 384 g/mol. The van der Waals surface area contributed by atoms with Crippen LogP contribution in [0.25, 0.3) is 0 Å². The Morgan fingerprint density at radius 3 is 2.79 bits per heavy atom. The molecule has 150 valence electrons. The van der Waals surface area contributed by atoms with Crippen LogP contribution in [0.5, 0.6) is 5.75 Å². The second-order valence-electron chi connectivity index (χ2n) is 7.86. The van der Waals surface area contributed by atoms with E-state index in [4.69, 9.17) is 9.47 Å². The van der Waals surface area contributed by atoms with Gasteiger partial charge in [0.25, 0.3) is 5.91 Å². The maximum Gasteiger partial charge on any atom is 0.289 e. The Kier molecular flexibility index (Phi) is 5.62. The molecule has 7 nitrogen and oxygen atoms in total. The predicted molar refractivity (Wildman–Crippen MR) is 104 cm³/mol. The number of hydrogen-bond donors (Lipinski definition) is 0. The van der Waals surface area contributed by atoms with Gasteiger partial charge < -0.3 is 18.9 Å². The number of nitrogens with zero attached hydrogens (tertiary/aromatic N) is 4. The zero-order valence-corrected chi connectivity index (χ0v) is 16.4. The highest BCUT2D eigenvalue weighted by molar-refractivity contribution is 5.90. The summed E-state index contributed by atoms with van der Waals surface area (Å²) in [6, 6.07) is 3.78. The summed E-state index contributed by atoms with van der Waals surface area (Å²) in [5.74, 6) is 2.00. The molecule has 4 rings (SSSR count). The van der Waals surface area contributed by atoms with Crippen molar-refractivity contribution in [1.82, 2.24) is 19.4 Å². The molecule has 1 atom stereocenters. The van der Waals surface area contributed by atoms with Crippen LogP contribution in [0, 0.1) is 5.92 Å². The van der Waals surface area contributed by atoms with E-state index in [1.807, 2.05) is 30.3 Å². The number of rotatable bonds is 5. The number of piperidine rings is 1. The van der Waals surface area contributed by atoms with Gasteiger partial charge in [-0.15, -0.1) is 0 Å². The molecule has 2 saturated heterocycles. The van der Waals surface area contributed by atoms with Gasteiger partial charge in [-0.2, -0.15) is 0 Å². The lowest BCUT2D eigenvalue weighted by molar-refractivity contribution is -0.125. The van der Waals surface area contributed by atoms with Crippen LogP contribution in [0.1, 0.15) is 42.7 Å². The van der Waals surface area contributed by atoms with Gasteiger partial charge >= 0.3 is 0 Å². The average Bonchev–Trinajstić information content (AvgIpc) is 3.15. The van der Waals surface area contributed by atoms with E-state index in [1.54, 1.807) is 23.2 Å². The van der Waals surface area contributed by atoms with Crippen molar-refractivity contribution < 1.29 is 14.3 Å².